The van der Waals surface area contributed by atoms with Gasteiger partial charge in [0, 0.05) is 13.7 Å². The Labute approximate surface area is 115 Å². The first kappa shape index (κ1) is 16.7. The normalized spacial score (nSPS) is 33.5. The van der Waals surface area contributed by atoms with Crippen molar-refractivity contribution in [2.75, 3.05) is 20.3 Å². The van der Waals surface area contributed by atoms with Gasteiger partial charge in [-0.25, -0.2) is 4.79 Å². The Morgan fingerprint density at radius 3 is 2.60 bits per heavy atom. The SMILES string of the molecule is CCO[C@H]1O[C@H](CO)[C@@H](O)[C@H](O)[C@H]1NC(=O)N(C)N=O. The summed E-state index contributed by atoms with van der Waals surface area (Å²) in [5.41, 5.74) is 0. The van der Waals surface area contributed by atoms with E-state index in [1.807, 2.05) is 0 Å². The van der Waals surface area contributed by atoms with Gasteiger partial charge in [0.15, 0.2) is 6.29 Å². The van der Waals surface area contributed by atoms with E-state index in [-0.39, 0.29) is 6.61 Å². The van der Waals surface area contributed by atoms with E-state index < -0.39 is 43.3 Å². The maximum Gasteiger partial charge on any atom is 0.340 e. The van der Waals surface area contributed by atoms with Gasteiger partial charge in [-0.1, -0.05) is 0 Å². The number of carbonyl (C=O) groups excluding carboxylic acids is 1. The predicted octanol–water partition coefficient (Wildman–Crippen LogP) is -1.85. The number of hydrogen-bond acceptors (Lipinski definition) is 8. The Morgan fingerprint density at radius 1 is 1.45 bits per heavy atom. The van der Waals surface area contributed by atoms with Gasteiger partial charge in [-0.2, -0.15) is 5.01 Å². The lowest BCUT2D eigenvalue weighted by molar-refractivity contribution is -0.268. The molecule has 20 heavy (non-hydrogen) atoms. The number of hydrogen-bond donors (Lipinski definition) is 4. The number of nitrogens with one attached hydrogen (secondary N) is 1. The van der Waals surface area contributed by atoms with Gasteiger partial charge in [0.25, 0.3) is 0 Å². The topological polar surface area (TPSA) is 141 Å². The van der Waals surface area contributed by atoms with Crippen molar-refractivity contribution >= 4 is 6.03 Å². The summed E-state index contributed by atoms with van der Waals surface area (Å²) in [5, 5.41) is 34.0. The van der Waals surface area contributed by atoms with Crippen LogP contribution < -0.4 is 5.32 Å². The highest BCUT2D eigenvalue weighted by Crippen LogP contribution is 2.22. The molecule has 0 radical (unpaired) electrons. The van der Waals surface area contributed by atoms with Gasteiger partial charge in [0.2, 0.25) is 0 Å². The van der Waals surface area contributed by atoms with Crippen molar-refractivity contribution in [3.8, 4) is 0 Å². The van der Waals surface area contributed by atoms with E-state index in [1.165, 1.54) is 0 Å². The van der Waals surface area contributed by atoms with E-state index in [0.29, 0.717) is 5.01 Å². The second-order valence-corrected chi connectivity index (χ2v) is 4.24. The molecule has 0 aromatic rings. The van der Waals surface area contributed by atoms with Crippen molar-refractivity contribution in [2.45, 2.75) is 37.6 Å². The number of rotatable bonds is 5. The van der Waals surface area contributed by atoms with E-state index in [0.717, 1.165) is 7.05 Å². The number of nitrogens with zero attached hydrogens (tertiary/aromatic N) is 2. The van der Waals surface area contributed by atoms with E-state index in [9.17, 15) is 19.9 Å². The van der Waals surface area contributed by atoms with Crippen molar-refractivity contribution in [3.63, 3.8) is 0 Å². The minimum absolute atomic E-state index is 0.222. The summed E-state index contributed by atoms with van der Waals surface area (Å²) in [4.78, 5) is 21.8. The first-order valence-corrected chi connectivity index (χ1v) is 6.07. The number of aliphatic hydroxyl groups excluding tert-OH is 3. The molecule has 4 N–H and O–H groups in total. The minimum atomic E-state index is -1.43. The second-order valence-electron chi connectivity index (χ2n) is 4.24. The summed E-state index contributed by atoms with van der Waals surface area (Å²) in [6, 6.07) is -1.99. The van der Waals surface area contributed by atoms with Crippen LogP contribution in [0.2, 0.25) is 0 Å². The van der Waals surface area contributed by atoms with E-state index in [4.69, 9.17) is 14.6 Å². The number of aliphatic hydroxyl groups is 3. The molecule has 0 spiro atoms. The van der Waals surface area contributed by atoms with Crippen LogP contribution in [0.1, 0.15) is 6.92 Å². The molecule has 116 valence electrons. The Bertz CT molecular complexity index is 343. The Hall–Kier alpha value is -1.33. The van der Waals surface area contributed by atoms with Gasteiger partial charge in [0.05, 0.1) is 11.9 Å². The molecule has 10 heteroatoms. The molecule has 0 saturated carbocycles. The molecule has 0 aromatic carbocycles. The molecule has 1 fully saturated rings. The van der Waals surface area contributed by atoms with Gasteiger partial charge in [0.1, 0.15) is 24.4 Å². The standard InChI is InChI=1S/C10H19N3O7/c1-3-19-9-6(11-10(17)13(2)12-18)8(16)7(15)5(4-14)20-9/h5-9,14-16H,3-4H2,1-2H3,(H,11,17)/t5-,6-,7-,8-,9+/m1/s1. The van der Waals surface area contributed by atoms with Gasteiger partial charge in [-0.15, -0.1) is 4.91 Å². The fourth-order valence-electron chi connectivity index (χ4n) is 1.82. The zero-order chi connectivity index (χ0) is 15.3. The average Bonchev–Trinajstić information content (AvgIpc) is 2.45. The van der Waals surface area contributed by atoms with Crippen LogP contribution in [0.3, 0.4) is 0 Å². The number of ether oxygens (including phenoxy) is 2. The summed E-state index contributed by atoms with van der Waals surface area (Å²) in [6.07, 6.45) is -4.94. The van der Waals surface area contributed by atoms with Gasteiger partial charge >= 0.3 is 6.03 Å². The second kappa shape index (κ2) is 7.45. The summed E-state index contributed by atoms with van der Waals surface area (Å²) >= 11 is 0. The fraction of sp³-hybridized carbons (Fsp3) is 0.900. The fourth-order valence-corrected chi connectivity index (χ4v) is 1.82. The number of amides is 2. The highest BCUT2D eigenvalue weighted by atomic mass is 16.7. The third kappa shape index (κ3) is 3.61. The zero-order valence-corrected chi connectivity index (χ0v) is 11.2. The van der Waals surface area contributed by atoms with Crippen molar-refractivity contribution in [1.29, 1.82) is 0 Å². The smallest absolute Gasteiger partial charge is 0.340 e. The van der Waals surface area contributed by atoms with Crippen LogP contribution in [0.5, 0.6) is 0 Å². The van der Waals surface area contributed by atoms with Crippen molar-refractivity contribution in [2.24, 2.45) is 5.29 Å². The van der Waals surface area contributed by atoms with E-state index in [1.54, 1.807) is 6.92 Å². The largest absolute Gasteiger partial charge is 0.394 e. The highest BCUT2D eigenvalue weighted by Gasteiger charge is 2.45. The molecule has 2 amide bonds. The molecule has 1 saturated heterocycles. The van der Waals surface area contributed by atoms with Crippen molar-refractivity contribution in [1.82, 2.24) is 10.3 Å². The lowest BCUT2D eigenvalue weighted by atomic mass is 9.97. The lowest BCUT2D eigenvalue weighted by Crippen LogP contribution is -2.65. The quantitative estimate of drug-likeness (QED) is 0.344. The number of carbonyl (C=O) groups is 1. The molecule has 1 rings (SSSR count). The van der Waals surface area contributed by atoms with Crippen LogP contribution in [0.15, 0.2) is 5.29 Å². The summed E-state index contributed by atoms with van der Waals surface area (Å²) in [5.74, 6) is 0. The Morgan fingerprint density at radius 2 is 2.10 bits per heavy atom. The van der Waals surface area contributed by atoms with E-state index in [2.05, 4.69) is 10.6 Å². The molecule has 1 aliphatic rings. The summed E-state index contributed by atoms with van der Waals surface area (Å²) in [6.45, 7) is 1.38. The van der Waals surface area contributed by atoms with Crippen LogP contribution in [-0.2, 0) is 9.47 Å². The first-order chi connectivity index (χ1) is 9.46. The molecule has 5 atom stereocenters. The molecule has 0 bridgehead atoms. The first-order valence-electron chi connectivity index (χ1n) is 6.07. The summed E-state index contributed by atoms with van der Waals surface area (Å²) in [7, 11) is 1.13. The van der Waals surface area contributed by atoms with Crippen molar-refractivity contribution < 1.29 is 29.6 Å². The molecule has 1 heterocycles. The summed E-state index contributed by atoms with van der Waals surface area (Å²) < 4.78 is 10.5. The van der Waals surface area contributed by atoms with Crippen LogP contribution >= 0.6 is 0 Å². The number of urea groups is 1. The molecular weight excluding hydrogens is 274 g/mol. The maximum atomic E-state index is 11.6. The lowest BCUT2D eigenvalue weighted by Gasteiger charge is -2.42. The Kier molecular flexibility index (Phi) is 6.23. The molecule has 10 nitrogen and oxygen atoms in total. The number of nitroso groups, excluding NO2 is 1. The third-order valence-corrected chi connectivity index (χ3v) is 2.92. The van der Waals surface area contributed by atoms with Gasteiger partial charge in [-0.3, -0.25) is 0 Å². The average molecular weight is 293 g/mol. The monoisotopic (exact) mass is 293 g/mol. The molecule has 0 aliphatic carbocycles. The molecule has 1 aliphatic heterocycles. The molecular formula is C10H19N3O7. The van der Waals surface area contributed by atoms with E-state index >= 15 is 0 Å². The molecule has 0 unspecified atom stereocenters. The minimum Gasteiger partial charge on any atom is -0.394 e. The van der Waals surface area contributed by atoms with Crippen LogP contribution in [-0.4, -0.2) is 77.3 Å². The predicted molar refractivity (Wildman–Crippen MR) is 65.3 cm³/mol. The highest BCUT2D eigenvalue weighted by molar-refractivity contribution is 5.73. The third-order valence-electron chi connectivity index (χ3n) is 2.92. The van der Waals surface area contributed by atoms with Crippen LogP contribution in [0, 0.1) is 4.91 Å². The maximum absolute atomic E-state index is 11.6. The van der Waals surface area contributed by atoms with Gasteiger partial charge in [-0.05, 0) is 6.92 Å². The van der Waals surface area contributed by atoms with Crippen molar-refractivity contribution in [3.05, 3.63) is 4.91 Å². The van der Waals surface area contributed by atoms with Crippen LogP contribution in [0.25, 0.3) is 0 Å². The Balaban J connectivity index is 2.82. The zero-order valence-electron chi connectivity index (χ0n) is 11.2. The van der Waals surface area contributed by atoms with Gasteiger partial charge < -0.3 is 30.1 Å². The van der Waals surface area contributed by atoms with Crippen LogP contribution in [0.4, 0.5) is 4.79 Å². The molecule has 0 aromatic heterocycles.